The average Bonchev–Trinajstić information content (AvgIpc) is 2.69. The molecule has 1 aliphatic heterocycles. The van der Waals surface area contributed by atoms with E-state index in [0.29, 0.717) is 12.4 Å². The van der Waals surface area contributed by atoms with E-state index in [1.54, 1.807) is 29.8 Å². The Morgan fingerprint density at radius 2 is 2.21 bits per heavy atom. The van der Waals surface area contributed by atoms with Crippen molar-refractivity contribution >= 4 is 11.9 Å². The fourth-order valence-electron chi connectivity index (χ4n) is 2.70. The van der Waals surface area contributed by atoms with E-state index in [-0.39, 0.29) is 24.3 Å². The summed E-state index contributed by atoms with van der Waals surface area (Å²) < 4.78 is 1.73. The number of likely N-dealkylation sites (tertiary alicyclic amines) is 1. The zero-order valence-electron chi connectivity index (χ0n) is 11.3. The van der Waals surface area contributed by atoms with Gasteiger partial charge in [-0.3, -0.25) is 9.59 Å². The van der Waals surface area contributed by atoms with Crippen LogP contribution in [0.3, 0.4) is 0 Å². The third kappa shape index (κ3) is 2.45. The lowest BCUT2D eigenvalue weighted by molar-refractivity contribution is -0.155. The normalized spacial score (nSPS) is 27.6. The van der Waals surface area contributed by atoms with Crippen LogP contribution in [0.4, 0.5) is 0 Å². The van der Waals surface area contributed by atoms with E-state index < -0.39 is 11.9 Å². The summed E-state index contributed by atoms with van der Waals surface area (Å²) in [6.07, 6.45) is 1.82. The predicted octanol–water partition coefficient (Wildman–Crippen LogP) is 0.273. The van der Waals surface area contributed by atoms with Crippen LogP contribution >= 0.6 is 0 Å². The average molecular weight is 266 g/mol. The molecule has 3 atom stereocenters. The van der Waals surface area contributed by atoms with Gasteiger partial charge in [0.1, 0.15) is 6.33 Å². The number of aromatic nitrogens is 3. The second-order valence-corrected chi connectivity index (χ2v) is 5.17. The number of piperidine rings is 1. The highest BCUT2D eigenvalue weighted by Crippen LogP contribution is 2.30. The molecule has 1 aliphatic rings. The first kappa shape index (κ1) is 13.5. The largest absolute Gasteiger partial charge is 0.481 e. The Morgan fingerprint density at radius 1 is 1.53 bits per heavy atom. The molecule has 1 aromatic rings. The molecule has 104 valence electrons. The van der Waals surface area contributed by atoms with Gasteiger partial charge in [0.15, 0.2) is 5.82 Å². The van der Waals surface area contributed by atoms with Crippen molar-refractivity contribution in [2.75, 3.05) is 0 Å². The quantitative estimate of drug-likeness (QED) is 0.848. The number of carboxylic acid groups (broad SMARTS) is 1. The number of hydrogen-bond donors (Lipinski definition) is 1. The first-order chi connectivity index (χ1) is 8.91. The van der Waals surface area contributed by atoms with Gasteiger partial charge in [-0.25, -0.2) is 0 Å². The summed E-state index contributed by atoms with van der Waals surface area (Å²) in [4.78, 5) is 25.0. The van der Waals surface area contributed by atoms with Crippen LogP contribution in [0, 0.1) is 11.8 Å². The zero-order valence-corrected chi connectivity index (χ0v) is 11.3. The molecular weight excluding hydrogens is 248 g/mol. The molecule has 1 aromatic heterocycles. The lowest BCUT2D eigenvalue weighted by Gasteiger charge is -2.40. The Bertz CT molecular complexity index is 499. The minimum absolute atomic E-state index is 0.0273. The number of carbonyl (C=O) groups is 2. The number of carboxylic acids is 1. The van der Waals surface area contributed by atoms with E-state index in [1.165, 1.54) is 0 Å². The van der Waals surface area contributed by atoms with Crippen molar-refractivity contribution in [2.24, 2.45) is 18.9 Å². The van der Waals surface area contributed by atoms with Crippen LogP contribution in [-0.4, -0.2) is 42.7 Å². The van der Waals surface area contributed by atoms with E-state index >= 15 is 0 Å². The molecule has 0 saturated carbocycles. The Kier molecular flexibility index (Phi) is 3.55. The summed E-state index contributed by atoms with van der Waals surface area (Å²) in [5.41, 5.74) is 0. The molecule has 1 fully saturated rings. The van der Waals surface area contributed by atoms with Gasteiger partial charge in [0.2, 0.25) is 5.91 Å². The number of rotatable bonds is 3. The first-order valence-corrected chi connectivity index (χ1v) is 6.27. The molecule has 7 heteroatoms. The lowest BCUT2D eigenvalue weighted by atomic mass is 9.81. The summed E-state index contributed by atoms with van der Waals surface area (Å²) in [5, 5.41) is 17.0. The van der Waals surface area contributed by atoms with Crippen LogP contribution in [0.15, 0.2) is 6.33 Å². The molecule has 0 bridgehead atoms. The van der Waals surface area contributed by atoms with Crippen LogP contribution in [-0.2, 0) is 23.2 Å². The van der Waals surface area contributed by atoms with Gasteiger partial charge in [0, 0.05) is 19.5 Å². The van der Waals surface area contributed by atoms with Gasteiger partial charge in [-0.2, -0.15) is 0 Å². The third-order valence-electron chi connectivity index (χ3n) is 3.84. The predicted molar refractivity (Wildman–Crippen MR) is 65.9 cm³/mol. The van der Waals surface area contributed by atoms with Crippen molar-refractivity contribution in [3.8, 4) is 0 Å². The summed E-state index contributed by atoms with van der Waals surface area (Å²) in [6.45, 7) is 3.89. The highest BCUT2D eigenvalue weighted by Gasteiger charge is 2.41. The van der Waals surface area contributed by atoms with E-state index in [0.717, 1.165) is 0 Å². The van der Waals surface area contributed by atoms with Gasteiger partial charge >= 0.3 is 5.97 Å². The third-order valence-corrected chi connectivity index (χ3v) is 3.84. The van der Waals surface area contributed by atoms with Crippen LogP contribution in [0.5, 0.6) is 0 Å². The standard InChI is InChI=1S/C12H18N4O3/c1-7-4-10(17)16(8(2)11(7)12(18)19)5-9-14-13-6-15(9)3/h6-8,11H,4-5H2,1-3H3,(H,18,19). The highest BCUT2D eigenvalue weighted by molar-refractivity contribution is 5.81. The maximum absolute atomic E-state index is 12.1. The Labute approximate surface area is 111 Å². The lowest BCUT2D eigenvalue weighted by Crippen LogP contribution is -2.52. The minimum Gasteiger partial charge on any atom is -0.481 e. The molecule has 0 spiro atoms. The molecular formula is C12H18N4O3. The molecule has 0 aliphatic carbocycles. The van der Waals surface area contributed by atoms with Gasteiger partial charge in [0.05, 0.1) is 12.5 Å². The molecule has 2 heterocycles. The molecule has 0 radical (unpaired) electrons. The van der Waals surface area contributed by atoms with Crippen molar-refractivity contribution in [1.82, 2.24) is 19.7 Å². The summed E-state index contributed by atoms with van der Waals surface area (Å²) >= 11 is 0. The molecule has 3 unspecified atom stereocenters. The number of hydrogen-bond acceptors (Lipinski definition) is 4. The molecule has 19 heavy (non-hydrogen) atoms. The van der Waals surface area contributed by atoms with Crippen molar-refractivity contribution < 1.29 is 14.7 Å². The van der Waals surface area contributed by atoms with E-state index in [9.17, 15) is 14.7 Å². The number of carbonyl (C=O) groups excluding carboxylic acids is 1. The fourth-order valence-corrected chi connectivity index (χ4v) is 2.70. The number of nitrogens with zero attached hydrogens (tertiary/aromatic N) is 4. The Morgan fingerprint density at radius 3 is 2.74 bits per heavy atom. The summed E-state index contributed by atoms with van der Waals surface area (Å²) in [5.74, 6) is -0.906. The van der Waals surface area contributed by atoms with Gasteiger partial charge in [-0.15, -0.1) is 10.2 Å². The van der Waals surface area contributed by atoms with Gasteiger partial charge in [-0.05, 0) is 12.8 Å². The van der Waals surface area contributed by atoms with Crippen LogP contribution in [0.2, 0.25) is 0 Å². The minimum atomic E-state index is -0.851. The van der Waals surface area contributed by atoms with Crippen molar-refractivity contribution in [2.45, 2.75) is 32.9 Å². The SMILES string of the molecule is CC1CC(=O)N(Cc2nncn2C)C(C)C1C(=O)O. The smallest absolute Gasteiger partial charge is 0.308 e. The first-order valence-electron chi connectivity index (χ1n) is 6.27. The van der Waals surface area contributed by atoms with Gasteiger partial charge in [0.25, 0.3) is 0 Å². The van der Waals surface area contributed by atoms with E-state index in [1.807, 2.05) is 6.92 Å². The van der Waals surface area contributed by atoms with Crippen molar-refractivity contribution in [3.63, 3.8) is 0 Å². The van der Waals surface area contributed by atoms with Crippen LogP contribution in [0.25, 0.3) is 0 Å². The summed E-state index contributed by atoms with van der Waals surface area (Å²) in [6, 6.07) is -0.342. The number of aliphatic carboxylic acids is 1. The molecule has 2 rings (SSSR count). The van der Waals surface area contributed by atoms with E-state index in [4.69, 9.17) is 0 Å². The molecule has 0 aromatic carbocycles. The fraction of sp³-hybridized carbons (Fsp3) is 0.667. The maximum Gasteiger partial charge on any atom is 0.308 e. The Balaban J connectivity index is 2.21. The van der Waals surface area contributed by atoms with E-state index in [2.05, 4.69) is 10.2 Å². The topological polar surface area (TPSA) is 88.3 Å². The summed E-state index contributed by atoms with van der Waals surface area (Å²) in [7, 11) is 1.80. The monoisotopic (exact) mass is 266 g/mol. The molecule has 1 amide bonds. The highest BCUT2D eigenvalue weighted by atomic mass is 16.4. The molecule has 1 saturated heterocycles. The van der Waals surface area contributed by atoms with Crippen LogP contribution in [0.1, 0.15) is 26.1 Å². The van der Waals surface area contributed by atoms with Gasteiger partial charge < -0.3 is 14.6 Å². The Hall–Kier alpha value is -1.92. The van der Waals surface area contributed by atoms with Crippen LogP contribution < -0.4 is 0 Å². The van der Waals surface area contributed by atoms with Crippen molar-refractivity contribution in [1.29, 1.82) is 0 Å². The molecule has 7 nitrogen and oxygen atoms in total. The molecule has 1 N–H and O–H groups in total. The second kappa shape index (κ2) is 4.99. The maximum atomic E-state index is 12.1. The van der Waals surface area contributed by atoms with Gasteiger partial charge in [-0.1, -0.05) is 6.92 Å². The second-order valence-electron chi connectivity index (χ2n) is 5.17. The number of amides is 1. The number of aryl methyl sites for hydroxylation is 1. The zero-order chi connectivity index (χ0) is 14.2. The van der Waals surface area contributed by atoms with Crippen molar-refractivity contribution in [3.05, 3.63) is 12.2 Å².